The molecule has 30 heavy (non-hydrogen) atoms. The summed E-state index contributed by atoms with van der Waals surface area (Å²) in [5.41, 5.74) is 3.43. The van der Waals surface area contributed by atoms with Gasteiger partial charge in [-0.3, -0.25) is 4.79 Å². The molecule has 0 saturated carbocycles. The van der Waals surface area contributed by atoms with E-state index in [1.165, 1.54) is 12.5 Å². The van der Waals surface area contributed by atoms with Gasteiger partial charge in [0.1, 0.15) is 10.7 Å². The van der Waals surface area contributed by atoms with E-state index in [1.54, 1.807) is 11.6 Å². The number of hydrogen-bond acceptors (Lipinski definition) is 4. The van der Waals surface area contributed by atoms with Crippen LogP contribution >= 0.6 is 11.6 Å². The normalized spacial score (nSPS) is 11.7. The van der Waals surface area contributed by atoms with Crippen LogP contribution in [0.25, 0.3) is 0 Å². The molecule has 1 heterocycles. The molecule has 156 valence electrons. The minimum atomic E-state index is -0.990. The van der Waals surface area contributed by atoms with Crippen molar-refractivity contribution < 1.29 is 14.3 Å². The maximum absolute atomic E-state index is 12.7. The number of rotatable bonds is 7. The van der Waals surface area contributed by atoms with Crippen LogP contribution in [0.1, 0.15) is 41.0 Å². The molecule has 0 unspecified atom stereocenters. The molecule has 1 aromatic heterocycles. The van der Waals surface area contributed by atoms with Crippen molar-refractivity contribution in [2.75, 3.05) is 5.32 Å². The maximum atomic E-state index is 12.7. The van der Waals surface area contributed by atoms with E-state index >= 15 is 0 Å². The van der Waals surface area contributed by atoms with E-state index in [4.69, 9.17) is 16.3 Å². The van der Waals surface area contributed by atoms with Crippen molar-refractivity contribution in [3.05, 3.63) is 82.1 Å². The lowest BCUT2D eigenvalue weighted by atomic mass is 10.1. The van der Waals surface area contributed by atoms with Crippen LogP contribution in [0.3, 0.4) is 0 Å². The highest BCUT2D eigenvalue weighted by molar-refractivity contribution is 6.32. The number of aromatic nitrogens is 2. The van der Waals surface area contributed by atoms with Crippen molar-refractivity contribution in [2.45, 2.75) is 39.8 Å². The number of anilines is 1. The number of esters is 1. The molecule has 2 aromatic carbocycles. The lowest BCUT2D eigenvalue weighted by Gasteiger charge is -2.14. The molecule has 0 aliphatic heterocycles. The van der Waals surface area contributed by atoms with Gasteiger partial charge < -0.3 is 10.1 Å². The molecule has 0 fully saturated rings. The summed E-state index contributed by atoms with van der Waals surface area (Å²) in [6.07, 6.45) is -0.0726. The van der Waals surface area contributed by atoms with Crippen molar-refractivity contribution in [3.63, 3.8) is 0 Å². The molecular formula is C23H24ClN3O3. The number of halogens is 1. The van der Waals surface area contributed by atoms with Crippen molar-refractivity contribution in [1.29, 1.82) is 0 Å². The summed E-state index contributed by atoms with van der Waals surface area (Å²) in [6.45, 7) is 5.69. The summed E-state index contributed by atoms with van der Waals surface area (Å²) < 4.78 is 6.90. The second-order valence-electron chi connectivity index (χ2n) is 6.98. The van der Waals surface area contributed by atoms with E-state index in [0.717, 1.165) is 12.0 Å². The third-order valence-corrected chi connectivity index (χ3v) is 5.11. The number of aryl methyl sites for hydroxylation is 2. The number of nitrogens with zero attached hydrogens (tertiary/aromatic N) is 2. The van der Waals surface area contributed by atoms with Gasteiger partial charge in [-0.25, -0.2) is 9.48 Å². The van der Waals surface area contributed by atoms with Crippen LogP contribution < -0.4 is 5.32 Å². The van der Waals surface area contributed by atoms with Gasteiger partial charge in [-0.05, 0) is 43.5 Å². The molecule has 0 radical (unpaired) electrons. The number of carbonyl (C=O) groups excluding carboxylic acids is 2. The van der Waals surface area contributed by atoms with E-state index in [9.17, 15) is 9.59 Å². The number of amides is 1. The van der Waals surface area contributed by atoms with Gasteiger partial charge in [-0.15, -0.1) is 0 Å². The second-order valence-corrected chi connectivity index (χ2v) is 7.34. The fourth-order valence-electron chi connectivity index (χ4n) is 2.99. The van der Waals surface area contributed by atoms with Crippen molar-refractivity contribution in [1.82, 2.24) is 9.78 Å². The topological polar surface area (TPSA) is 73.2 Å². The predicted octanol–water partition coefficient (Wildman–Crippen LogP) is 4.64. The third-order valence-electron chi connectivity index (χ3n) is 4.73. The zero-order valence-electron chi connectivity index (χ0n) is 17.2. The first-order valence-corrected chi connectivity index (χ1v) is 10.1. The van der Waals surface area contributed by atoms with Gasteiger partial charge in [0.2, 0.25) is 0 Å². The zero-order valence-corrected chi connectivity index (χ0v) is 17.9. The molecule has 0 aliphatic carbocycles. The van der Waals surface area contributed by atoms with E-state index in [0.29, 0.717) is 17.9 Å². The number of benzene rings is 2. The van der Waals surface area contributed by atoms with Crippen molar-refractivity contribution in [2.24, 2.45) is 0 Å². The molecule has 0 saturated heterocycles. The molecule has 3 aromatic rings. The van der Waals surface area contributed by atoms with Gasteiger partial charge in [-0.1, -0.05) is 61.0 Å². The van der Waals surface area contributed by atoms with Crippen molar-refractivity contribution >= 4 is 29.2 Å². The molecule has 1 atom stereocenters. The number of nitrogens with one attached hydrogen (secondary N) is 1. The third kappa shape index (κ3) is 5.07. The van der Waals surface area contributed by atoms with Crippen molar-refractivity contribution in [3.8, 4) is 0 Å². The highest BCUT2D eigenvalue weighted by Gasteiger charge is 2.25. The Hall–Kier alpha value is -3.12. The Kier molecular flexibility index (Phi) is 6.90. The Morgan fingerprint density at radius 1 is 1.10 bits per heavy atom. The zero-order chi connectivity index (χ0) is 21.7. The van der Waals surface area contributed by atoms with Crippen LogP contribution in [-0.2, 0) is 22.5 Å². The summed E-state index contributed by atoms with van der Waals surface area (Å²) in [5, 5.41) is 7.28. The summed E-state index contributed by atoms with van der Waals surface area (Å²) in [7, 11) is 0. The highest BCUT2D eigenvalue weighted by atomic mass is 35.5. The Morgan fingerprint density at radius 2 is 1.77 bits per heavy atom. The SMILES string of the molecule is CCc1ccc(NC(=O)[C@H](C)OC(=O)c2c(C)nn(Cc3ccccc3)c2Cl)cc1. The first-order chi connectivity index (χ1) is 14.4. The molecule has 0 spiro atoms. The number of hydrogen-bond donors (Lipinski definition) is 1. The summed E-state index contributed by atoms with van der Waals surface area (Å²) >= 11 is 6.39. The molecule has 3 rings (SSSR count). The Labute approximate surface area is 180 Å². The highest BCUT2D eigenvalue weighted by Crippen LogP contribution is 2.22. The Morgan fingerprint density at radius 3 is 2.40 bits per heavy atom. The lowest BCUT2D eigenvalue weighted by Crippen LogP contribution is -2.30. The molecular weight excluding hydrogens is 402 g/mol. The fourth-order valence-corrected chi connectivity index (χ4v) is 3.30. The van der Waals surface area contributed by atoms with Gasteiger partial charge in [0, 0.05) is 5.69 Å². The molecule has 1 N–H and O–H groups in total. The smallest absolute Gasteiger partial charge is 0.343 e. The molecule has 7 heteroatoms. The average Bonchev–Trinajstić information content (AvgIpc) is 3.02. The van der Waals surface area contributed by atoms with Gasteiger partial charge in [0.15, 0.2) is 6.10 Å². The fraction of sp³-hybridized carbons (Fsp3) is 0.261. The largest absolute Gasteiger partial charge is 0.449 e. The van der Waals surface area contributed by atoms with Crippen LogP contribution in [0.4, 0.5) is 5.69 Å². The molecule has 0 bridgehead atoms. The van der Waals surface area contributed by atoms with E-state index in [2.05, 4.69) is 17.3 Å². The van der Waals surface area contributed by atoms with Gasteiger partial charge >= 0.3 is 5.97 Å². The van der Waals surface area contributed by atoms with E-state index in [-0.39, 0.29) is 10.7 Å². The van der Waals surface area contributed by atoms with Crippen LogP contribution in [0.15, 0.2) is 54.6 Å². The summed E-state index contributed by atoms with van der Waals surface area (Å²) in [6, 6.07) is 17.2. The monoisotopic (exact) mass is 425 g/mol. The lowest BCUT2D eigenvalue weighted by molar-refractivity contribution is -0.123. The summed E-state index contributed by atoms with van der Waals surface area (Å²) in [4.78, 5) is 25.1. The minimum Gasteiger partial charge on any atom is -0.449 e. The standard InChI is InChI=1S/C23H24ClN3O3/c1-4-17-10-12-19(13-11-17)25-22(28)16(3)30-23(29)20-15(2)26-27(21(20)24)14-18-8-6-5-7-9-18/h5-13,16H,4,14H2,1-3H3,(H,25,28)/t16-/m0/s1. The molecule has 1 amide bonds. The predicted molar refractivity (Wildman–Crippen MR) is 117 cm³/mol. The average molecular weight is 426 g/mol. The summed E-state index contributed by atoms with van der Waals surface area (Å²) in [5.74, 6) is -1.10. The van der Waals surface area contributed by atoms with Gasteiger partial charge in [0.05, 0.1) is 12.2 Å². The minimum absolute atomic E-state index is 0.166. The van der Waals surface area contributed by atoms with Crippen LogP contribution in [0, 0.1) is 6.92 Å². The first kappa shape index (κ1) is 21.6. The van der Waals surface area contributed by atoms with Crippen LogP contribution in [-0.4, -0.2) is 27.8 Å². The Balaban J connectivity index is 1.66. The molecule has 0 aliphatic rings. The number of ether oxygens (including phenoxy) is 1. The quantitative estimate of drug-likeness (QED) is 0.559. The maximum Gasteiger partial charge on any atom is 0.343 e. The van der Waals surface area contributed by atoms with E-state index in [1.807, 2.05) is 54.6 Å². The Bertz CT molecular complexity index is 1030. The molecule has 6 nitrogen and oxygen atoms in total. The van der Waals surface area contributed by atoms with Gasteiger partial charge in [0.25, 0.3) is 5.91 Å². The van der Waals surface area contributed by atoms with Crippen LogP contribution in [0.5, 0.6) is 0 Å². The second kappa shape index (κ2) is 9.59. The van der Waals surface area contributed by atoms with Gasteiger partial charge in [-0.2, -0.15) is 5.10 Å². The number of carbonyl (C=O) groups is 2. The first-order valence-electron chi connectivity index (χ1n) is 9.76. The van der Waals surface area contributed by atoms with Crippen LogP contribution in [0.2, 0.25) is 5.15 Å². The van der Waals surface area contributed by atoms with E-state index < -0.39 is 18.0 Å².